The Kier molecular flexibility index (Phi) is 2.04. The molecule has 0 fully saturated rings. The van der Waals surface area contributed by atoms with Gasteiger partial charge in [-0.2, -0.15) is 5.10 Å². The molecule has 0 amide bonds. The highest BCUT2D eigenvalue weighted by Crippen LogP contribution is 2.20. The third-order valence-electron chi connectivity index (χ3n) is 1.92. The van der Waals surface area contributed by atoms with Crippen molar-refractivity contribution in [1.29, 1.82) is 0 Å². The molecule has 2 nitrogen and oxygen atoms in total. The summed E-state index contributed by atoms with van der Waals surface area (Å²) in [5.74, 6) is -1.19. The number of aromatic nitrogens is 2. The van der Waals surface area contributed by atoms with E-state index in [0.717, 1.165) is 6.07 Å². The summed E-state index contributed by atoms with van der Waals surface area (Å²) in [7, 11) is 1.69. The molecule has 1 radical (unpaired) electrons. The standard InChI is InChI=1S/C10H7F2N2/c1-14-10(2-3-13-14)7-4-8(11)6-9(12)5-7/h2,4-6H,1H3. The zero-order chi connectivity index (χ0) is 10.1. The van der Waals surface area contributed by atoms with Gasteiger partial charge in [-0.1, -0.05) is 0 Å². The van der Waals surface area contributed by atoms with Gasteiger partial charge in [-0.15, -0.1) is 0 Å². The molecule has 2 aromatic rings. The fraction of sp³-hybridized carbons (Fsp3) is 0.100. The second-order valence-corrected chi connectivity index (χ2v) is 2.94. The minimum Gasteiger partial charge on any atom is -0.267 e. The van der Waals surface area contributed by atoms with Crippen LogP contribution in [0.5, 0.6) is 0 Å². The summed E-state index contributed by atoms with van der Waals surface area (Å²) < 4.78 is 27.3. The normalized spacial score (nSPS) is 10.5. The van der Waals surface area contributed by atoms with Crippen LogP contribution in [0, 0.1) is 17.8 Å². The fourth-order valence-corrected chi connectivity index (χ4v) is 1.30. The van der Waals surface area contributed by atoms with Gasteiger partial charge >= 0.3 is 0 Å². The van der Waals surface area contributed by atoms with Crippen LogP contribution < -0.4 is 0 Å². The predicted molar refractivity (Wildman–Crippen MR) is 47.4 cm³/mol. The van der Waals surface area contributed by atoms with E-state index in [0.29, 0.717) is 11.3 Å². The Morgan fingerprint density at radius 2 is 1.86 bits per heavy atom. The second kappa shape index (κ2) is 3.21. The Hall–Kier alpha value is -1.71. The van der Waals surface area contributed by atoms with Gasteiger partial charge in [0.15, 0.2) is 0 Å². The van der Waals surface area contributed by atoms with Gasteiger partial charge in [0, 0.05) is 18.7 Å². The first-order valence-electron chi connectivity index (χ1n) is 4.03. The molecule has 0 aliphatic rings. The smallest absolute Gasteiger partial charge is 0.126 e. The maximum absolute atomic E-state index is 12.9. The van der Waals surface area contributed by atoms with Gasteiger partial charge in [0.05, 0.1) is 5.69 Å². The molecule has 0 atom stereocenters. The average Bonchev–Trinajstić information content (AvgIpc) is 2.49. The van der Waals surface area contributed by atoms with Crippen molar-refractivity contribution in [3.05, 3.63) is 42.1 Å². The first-order valence-corrected chi connectivity index (χ1v) is 4.03. The van der Waals surface area contributed by atoms with Crippen LogP contribution in [-0.4, -0.2) is 9.78 Å². The molecule has 0 saturated heterocycles. The van der Waals surface area contributed by atoms with Crippen LogP contribution in [0.25, 0.3) is 11.3 Å². The Labute approximate surface area is 79.8 Å². The number of hydrogen-bond acceptors (Lipinski definition) is 1. The van der Waals surface area contributed by atoms with Crippen molar-refractivity contribution in [3.8, 4) is 11.3 Å². The highest BCUT2D eigenvalue weighted by atomic mass is 19.1. The Bertz CT molecular complexity index is 443. The molecule has 0 N–H and O–H groups in total. The van der Waals surface area contributed by atoms with Crippen LogP contribution >= 0.6 is 0 Å². The third kappa shape index (κ3) is 1.51. The van der Waals surface area contributed by atoms with Gasteiger partial charge in [0.25, 0.3) is 0 Å². The maximum Gasteiger partial charge on any atom is 0.126 e. The van der Waals surface area contributed by atoms with E-state index < -0.39 is 11.6 Å². The first-order chi connectivity index (χ1) is 6.66. The van der Waals surface area contributed by atoms with Gasteiger partial charge in [-0.05, 0) is 18.2 Å². The lowest BCUT2D eigenvalue weighted by molar-refractivity contribution is 0.583. The van der Waals surface area contributed by atoms with Crippen molar-refractivity contribution >= 4 is 0 Å². The molecule has 2 rings (SSSR count). The fourth-order valence-electron chi connectivity index (χ4n) is 1.30. The topological polar surface area (TPSA) is 17.8 Å². The van der Waals surface area contributed by atoms with E-state index >= 15 is 0 Å². The summed E-state index contributed by atoms with van der Waals surface area (Å²) in [4.78, 5) is 0. The molecule has 0 aliphatic carbocycles. The van der Waals surface area contributed by atoms with Crippen LogP contribution in [-0.2, 0) is 7.05 Å². The van der Waals surface area contributed by atoms with Gasteiger partial charge in [-0.25, -0.2) is 8.78 Å². The molecule has 71 valence electrons. The highest BCUT2D eigenvalue weighted by Gasteiger charge is 2.06. The van der Waals surface area contributed by atoms with E-state index in [1.54, 1.807) is 13.1 Å². The minimum absolute atomic E-state index is 0.457. The molecular formula is C10H7F2N2. The number of nitrogens with zero attached hydrogens (tertiary/aromatic N) is 2. The van der Waals surface area contributed by atoms with Crippen molar-refractivity contribution in [2.45, 2.75) is 0 Å². The van der Waals surface area contributed by atoms with Crippen molar-refractivity contribution in [3.63, 3.8) is 0 Å². The van der Waals surface area contributed by atoms with Gasteiger partial charge in [0.1, 0.15) is 17.8 Å². The maximum atomic E-state index is 12.9. The van der Waals surface area contributed by atoms with Gasteiger partial charge in [-0.3, -0.25) is 4.68 Å². The third-order valence-corrected chi connectivity index (χ3v) is 1.92. The van der Waals surface area contributed by atoms with E-state index in [2.05, 4.69) is 11.3 Å². The largest absolute Gasteiger partial charge is 0.267 e. The highest BCUT2D eigenvalue weighted by molar-refractivity contribution is 5.59. The number of rotatable bonds is 1. The van der Waals surface area contributed by atoms with Gasteiger partial charge in [0.2, 0.25) is 0 Å². The van der Waals surface area contributed by atoms with Crippen LogP contribution in [0.3, 0.4) is 0 Å². The summed E-state index contributed by atoms with van der Waals surface area (Å²) in [5.41, 5.74) is 1.09. The Morgan fingerprint density at radius 3 is 2.36 bits per heavy atom. The van der Waals surface area contributed by atoms with Crippen molar-refractivity contribution in [2.75, 3.05) is 0 Å². The number of hydrogen-bond donors (Lipinski definition) is 0. The number of halogens is 2. The lowest BCUT2D eigenvalue weighted by Gasteiger charge is -2.02. The molecule has 0 saturated carbocycles. The molecule has 0 unspecified atom stereocenters. The lowest BCUT2D eigenvalue weighted by Crippen LogP contribution is -1.94. The SMILES string of the molecule is Cn1n[c]cc1-c1cc(F)cc(F)c1. The molecule has 0 aliphatic heterocycles. The monoisotopic (exact) mass is 193 g/mol. The molecule has 1 aromatic carbocycles. The summed E-state index contributed by atoms with van der Waals surface area (Å²) in [6.45, 7) is 0. The summed E-state index contributed by atoms with van der Waals surface area (Å²) in [6.07, 6.45) is 2.60. The minimum atomic E-state index is -0.596. The Morgan fingerprint density at radius 1 is 1.21 bits per heavy atom. The summed E-state index contributed by atoms with van der Waals surface area (Å²) in [5, 5.41) is 3.80. The number of benzene rings is 1. The number of aryl methyl sites for hydroxylation is 1. The van der Waals surface area contributed by atoms with Crippen molar-refractivity contribution in [2.24, 2.45) is 7.05 Å². The molecular weight excluding hydrogens is 186 g/mol. The van der Waals surface area contributed by atoms with Crippen molar-refractivity contribution in [1.82, 2.24) is 9.78 Å². The van der Waals surface area contributed by atoms with Crippen LogP contribution in [0.15, 0.2) is 24.3 Å². The first kappa shape index (κ1) is 8.87. The molecule has 0 bridgehead atoms. The van der Waals surface area contributed by atoms with Crippen LogP contribution in [0.1, 0.15) is 0 Å². The Balaban J connectivity index is 2.57. The second-order valence-electron chi connectivity index (χ2n) is 2.94. The zero-order valence-corrected chi connectivity index (χ0v) is 7.46. The summed E-state index contributed by atoms with van der Waals surface area (Å²) in [6, 6.07) is 4.93. The molecule has 4 heteroatoms. The average molecular weight is 193 g/mol. The quantitative estimate of drug-likeness (QED) is 0.678. The van der Waals surface area contributed by atoms with E-state index in [9.17, 15) is 8.78 Å². The lowest BCUT2D eigenvalue weighted by atomic mass is 10.1. The van der Waals surface area contributed by atoms with Crippen LogP contribution in [0.4, 0.5) is 8.78 Å². The van der Waals surface area contributed by atoms with E-state index in [1.165, 1.54) is 16.8 Å². The molecule has 1 aromatic heterocycles. The van der Waals surface area contributed by atoms with Crippen LogP contribution in [0.2, 0.25) is 0 Å². The summed E-state index contributed by atoms with van der Waals surface area (Å²) >= 11 is 0. The molecule has 1 heterocycles. The zero-order valence-electron chi connectivity index (χ0n) is 7.46. The molecule has 14 heavy (non-hydrogen) atoms. The van der Waals surface area contributed by atoms with E-state index in [1.807, 2.05) is 0 Å². The molecule has 0 spiro atoms. The van der Waals surface area contributed by atoms with E-state index in [4.69, 9.17) is 0 Å². The van der Waals surface area contributed by atoms with E-state index in [-0.39, 0.29) is 0 Å². The van der Waals surface area contributed by atoms with Gasteiger partial charge < -0.3 is 0 Å². The predicted octanol–water partition coefficient (Wildman–Crippen LogP) is 2.17. The van der Waals surface area contributed by atoms with Crippen molar-refractivity contribution < 1.29 is 8.78 Å².